The highest BCUT2D eigenvalue weighted by Gasteiger charge is 2.05. The van der Waals surface area contributed by atoms with Crippen LogP contribution in [0.15, 0.2) is 11.6 Å². The molecule has 78 valence electrons. The molecule has 1 atom stereocenters. The zero-order valence-electron chi connectivity index (χ0n) is 9.64. The average Bonchev–Trinajstić information content (AvgIpc) is 2.10. The van der Waals surface area contributed by atoms with Gasteiger partial charge in [-0.25, -0.2) is 0 Å². The number of nitrogens with two attached hydrogens (primary N) is 1. The van der Waals surface area contributed by atoms with Crippen molar-refractivity contribution in [2.75, 3.05) is 6.54 Å². The van der Waals surface area contributed by atoms with Crippen molar-refractivity contribution >= 4 is 0 Å². The smallest absolute Gasteiger partial charge is 0.0136 e. The molecule has 0 aliphatic carbocycles. The van der Waals surface area contributed by atoms with Gasteiger partial charge in [-0.15, -0.1) is 0 Å². The summed E-state index contributed by atoms with van der Waals surface area (Å²) in [5.74, 6) is 1.62. The van der Waals surface area contributed by atoms with E-state index >= 15 is 0 Å². The monoisotopic (exact) mass is 183 g/mol. The molecule has 0 aromatic heterocycles. The molecule has 2 N–H and O–H groups in total. The van der Waals surface area contributed by atoms with E-state index in [0.29, 0.717) is 0 Å². The first kappa shape index (κ1) is 12.7. The van der Waals surface area contributed by atoms with E-state index in [-0.39, 0.29) is 0 Å². The van der Waals surface area contributed by atoms with Crippen LogP contribution in [0.1, 0.15) is 47.0 Å². The second-order valence-corrected chi connectivity index (χ2v) is 4.43. The fourth-order valence-electron chi connectivity index (χ4n) is 1.49. The van der Waals surface area contributed by atoms with Crippen LogP contribution in [-0.2, 0) is 0 Å². The van der Waals surface area contributed by atoms with Crippen molar-refractivity contribution in [3.05, 3.63) is 11.6 Å². The van der Waals surface area contributed by atoms with Gasteiger partial charge in [-0.2, -0.15) is 0 Å². The minimum atomic E-state index is 0.725. The fraction of sp³-hybridized carbons (Fsp3) is 0.833. The van der Waals surface area contributed by atoms with E-state index in [2.05, 4.69) is 33.8 Å². The molecule has 0 bridgehead atoms. The summed E-state index contributed by atoms with van der Waals surface area (Å²) in [6.07, 6.45) is 6.00. The SMILES string of the molecule is C/C=C(/CN)CC(C)CCC(C)C. The Hall–Kier alpha value is -0.300. The lowest BCUT2D eigenvalue weighted by molar-refractivity contribution is 0.446. The fourth-order valence-corrected chi connectivity index (χ4v) is 1.49. The second-order valence-electron chi connectivity index (χ2n) is 4.43. The van der Waals surface area contributed by atoms with Crippen LogP contribution >= 0.6 is 0 Å². The zero-order valence-corrected chi connectivity index (χ0v) is 9.64. The first-order valence-electron chi connectivity index (χ1n) is 5.44. The molecular formula is C12H25N. The highest BCUT2D eigenvalue weighted by Crippen LogP contribution is 2.18. The third-order valence-corrected chi connectivity index (χ3v) is 2.52. The molecule has 0 radical (unpaired) electrons. The largest absolute Gasteiger partial charge is 0.327 e. The van der Waals surface area contributed by atoms with Crippen LogP contribution in [0, 0.1) is 11.8 Å². The van der Waals surface area contributed by atoms with Gasteiger partial charge in [0.25, 0.3) is 0 Å². The lowest BCUT2D eigenvalue weighted by atomic mass is 9.93. The van der Waals surface area contributed by atoms with Crippen LogP contribution < -0.4 is 5.73 Å². The van der Waals surface area contributed by atoms with Crippen LogP contribution in [-0.4, -0.2) is 6.54 Å². The van der Waals surface area contributed by atoms with Crippen molar-refractivity contribution < 1.29 is 0 Å². The molecule has 0 rings (SSSR count). The maximum Gasteiger partial charge on any atom is 0.0136 e. The quantitative estimate of drug-likeness (QED) is 0.628. The van der Waals surface area contributed by atoms with Crippen molar-refractivity contribution in [2.45, 2.75) is 47.0 Å². The molecule has 13 heavy (non-hydrogen) atoms. The predicted octanol–water partition coefficient (Wildman–Crippen LogP) is 3.35. The van der Waals surface area contributed by atoms with Crippen molar-refractivity contribution in [3.63, 3.8) is 0 Å². The van der Waals surface area contributed by atoms with Gasteiger partial charge in [-0.3, -0.25) is 0 Å². The van der Waals surface area contributed by atoms with Crippen molar-refractivity contribution in [1.29, 1.82) is 0 Å². The van der Waals surface area contributed by atoms with Gasteiger partial charge in [-0.05, 0) is 25.2 Å². The van der Waals surface area contributed by atoms with E-state index in [1.54, 1.807) is 0 Å². The molecule has 1 nitrogen and oxygen atoms in total. The van der Waals surface area contributed by atoms with Crippen LogP contribution in [0.25, 0.3) is 0 Å². The molecule has 0 aromatic carbocycles. The lowest BCUT2D eigenvalue weighted by Gasteiger charge is -2.14. The molecule has 0 saturated heterocycles. The van der Waals surface area contributed by atoms with Gasteiger partial charge in [0.05, 0.1) is 0 Å². The zero-order chi connectivity index (χ0) is 10.3. The van der Waals surface area contributed by atoms with Gasteiger partial charge in [0, 0.05) is 6.54 Å². The molecule has 0 aliphatic heterocycles. The Bertz CT molecular complexity index is 147. The summed E-state index contributed by atoms with van der Waals surface area (Å²) in [5.41, 5.74) is 7.02. The molecule has 0 saturated carbocycles. The maximum absolute atomic E-state index is 5.62. The highest BCUT2D eigenvalue weighted by atomic mass is 14.5. The molecule has 1 unspecified atom stereocenters. The Balaban J connectivity index is 3.66. The molecule has 0 spiro atoms. The second kappa shape index (κ2) is 7.14. The summed E-state index contributed by atoms with van der Waals surface area (Å²) in [6.45, 7) is 9.69. The van der Waals surface area contributed by atoms with Crippen LogP contribution in [0.3, 0.4) is 0 Å². The molecule has 0 amide bonds. The Labute approximate surface area is 83.4 Å². The summed E-state index contributed by atoms with van der Waals surface area (Å²) >= 11 is 0. The predicted molar refractivity (Wildman–Crippen MR) is 60.7 cm³/mol. The molecule has 0 aliphatic rings. The molecular weight excluding hydrogens is 158 g/mol. The summed E-state index contributed by atoms with van der Waals surface area (Å²) in [4.78, 5) is 0. The summed E-state index contributed by atoms with van der Waals surface area (Å²) < 4.78 is 0. The third-order valence-electron chi connectivity index (χ3n) is 2.52. The number of hydrogen-bond acceptors (Lipinski definition) is 1. The summed E-state index contributed by atoms with van der Waals surface area (Å²) in [5, 5.41) is 0. The van der Waals surface area contributed by atoms with Crippen LogP contribution in [0.4, 0.5) is 0 Å². The molecule has 0 aromatic rings. The maximum atomic E-state index is 5.62. The van der Waals surface area contributed by atoms with E-state index in [0.717, 1.165) is 18.4 Å². The average molecular weight is 183 g/mol. The number of rotatable bonds is 6. The summed E-state index contributed by atoms with van der Waals surface area (Å²) in [6, 6.07) is 0. The molecule has 0 fully saturated rings. The van der Waals surface area contributed by atoms with Gasteiger partial charge in [0.2, 0.25) is 0 Å². The van der Waals surface area contributed by atoms with Gasteiger partial charge in [0.15, 0.2) is 0 Å². The van der Waals surface area contributed by atoms with Gasteiger partial charge in [-0.1, -0.05) is 45.3 Å². The van der Waals surface area contributed by atoms with Crippen molar-refractivity contribution in [1.82, 2.24) is 0 Å². The third kappa shape index (κ3) is 6.83. The van der Waals surface area contributed by atoms with E-state index < -0.39 is 0 Å². The Morgan fingerprint density at radius 3 is 2.23 bits per heavy atom. The summed E-state index contributed by atoms with van der Waals surface area (Å²) in [7, 11) is 0. The van der Waals surface area contributed by atoms with Crippen LogP contribution in [0.2, 0.25) is 0 Å². The molecule has 0 heterocycles. The first-order chi connectivity index (χ1) is 6.10. The number of hydrogen-bond donors (Lipinski definition) is 1. The van der Waals surface area contributed by atoms with Gasteiger partial charge >= 0.3 is 0 Å². The Morgan fingerprint density at radius 2 is 1.85 bits per heavy atom. The van der Waals surface area contributed by atoms with Gasteiger partial charge < -0.3 is 5.73 Å². The topological polar surface area (TPSA) is 26.0 Å². The van der Waals surface area contributed by atoms with E-state index in [9.17, 15) is 0 Å². The minimum absolute atomic E-state index is 0.725. The van der Waals surface area contributed by atoms with E-state index in [4.69, 9.17) is 5.73 Å². The Kier molecular flexibility index (Phi) is 6.97. The van der Waals surface area contributed by atoms with Crippen molar-refractivity contribution in [3.8, 4) is 0 Å². The van der Waals surface area contributed by atoms with E-state index in [1.165, 1.54) is 24.8 Å². The molecule has 1 heteroatoms. The lowest BCUT2D eigenvalue weighted by Crippen LogP contribution is -2.07. The standard InChI is InChI=1S/C12H25N/c1-5-12(9-13)8-11(4)7-6-10(2)3/h5,10-11H,6-9,13H2,1-4H3/b12-5+. The van der Waals surface area contributed by atoms with Gasteiger partial charge in [0.1, 0.15) is 0 Å². The van der Waals surface area contributed by atoms with Crippen LogP contribution in [0.5, 0.6) is 0 Å². The van der Waals surface area contributed by atoms with E-state index in [1.807, 2.05) is 0 Å². The Morgan fingerprint density at radius 1 is 1.23 bits per heavy atom. The van der Waals surface area contributed by atoms with Crippen molar-refractivity contribution in [2.24, 2.45) is 17.6 Å². The highest BCUT2D eigenvalue weighted by molar-refractivity contribution is 5.02. The minimum Gasteiger partial charge on any atom is -0.327 e. The number of allylic oxidation sites excluding steroid dienone is 1. The normalized spacial score (nSPS) is 15.1. The first-order valence-corrected chi connectivity index (χ1v) is 5.44.